The second kappa shape index (κ2) is 4.24. The zero-order valence-electron chi connectivity index (χ0n) is 10.4. The number of aryl methyl sites for hydroxylation is 4. The monoisotopic (exact) mass is 231 g/mol. The lowest BCUT2D eigenvalue weighted by atomic mass is 10.0. The number of nitrogens with zero attached hydrogens (tertiary/aromatic N) is 1. The number of carboxylic acid groups (broad SMARTS) is 1. The molecular formula is C14H17NO2. The molecule has 3 nitrogen and oxygen atoms in total. The molecule has 3 heteroatoms. The maximum absolute atomic E-state index is 10.6. The highest BCUT2D eigenvalue weighted by atomic mass is 16.4. The molecule has 0 amide bonds. The summed E-state index contributed by atoms with van der Waals surface area (Å²) in [6.07, 6.45) is 2.82. The van der Waals surface area contributed by atoms with Gasteiger partial charge in [-0.15, -0.1) is 0 Å². The van der Waals surface area contributed by atoms with E-state index in [1.165, 1.54) is 22.0 Å². The van der Waals surface area contributed by atoms with Crippen LogP contribution in [-0.2, 0) is 18.3 Å². The lowest BCUT2D eigenvalue weighted by Crippen LogP contribution is -1.96. The molecular weight excluding hydrogens is 214 g/mol. The largest absolute Gasteiger partial charge is 0.481 e. The number of aromatic nitrogens is 1. The Kier molecular flexibility index (Phi) is 2.92. The summed E-state index contributed by atoms with van der Waals surface area (Å²) in [5.74, 6) is -0.744. The van der Waals surface area contributed by atoms with Crippen molar-refractivity contribution >= 4 is 16.9 Å². The summed E-state index contributed by atoms with van der Waals surface area (Å²) in [6, 6.07) is 4.29. The third-order valence-electron chi connectivity index (χ3n) is 3.10. The van der Waals surface area contributed by atoms with Crippen LogP contribution in [0.4, 0.5) is 0 Å². The van der Waals surface area contributed by atoms with E-state index in [1.807, 2.05) is 13.2 Å². The van der Waals surface area contributed by atoms with Crippen molar-refractivity contribution in [2.75, 3.05) is 0 Å². The van der Waals surface area contributed by atoms with Gasteiger partial charge in [-0.1, -0.05) is 11.6 Å². The standard InChI is InChI=1S/C14H17NO2/c1-9-6-10(2)14-12(7-9)11(8-15(14)3)4-5-13(16)17/h6-8H,4-5H2,1-3H3,(H,16,17). The van der Waals surface area contributed by atoms with Gasteiger partial charge >= 0.3 is 5.97 Å². The van der Waals surface area contributed by atoms with Gasteiger partial charge in [0.15, 0.2) is 0 Å². The van der Waals surface area contributed by atoms with E-state index in [-0.39, 0.29) is 6.42 Å². The molecule has 0 spiro atoms. The molecule has 2 aromatic rings. The van der Waals surface area contributed by atoms with Gasteiger partial charge in [-0.2, -0.15) is 0 Å². The van der Waals surface area contributed by atoms with Gasteiger partial charge < -0.3 is 9.67 Å². The summed E-state index contributed by atoms with van der Waals surface area (Å²) < 4.78 is 2.08. The summed E-state index contributed by atoms with van der Waals surface area (Å²) in [5.41, 5.74) is 4.79. The number of rotatable bonds is 3. The van der Waals surface area contributed by atoms with Crippen LogP contribution in [0.5, 0.6) is 0 Å². The Bertz CT molecular complexity index is 581. The van der Waals surface area contributed by atoms with Crippen LogP contribution in [0.25, 0.3) is 10.9 Å². The highest BCUT2D eigenvalue weighted by Gasteiger charge is 2.10. The second-order valence-electron chi connectivity index (χ2n) is 4.64. The van der Waals surface area contributed by atoms with Crippen LogP contribution in [0, 0.1) is 13.8 Å². The first-order chi connectivity index (χ1) is 7.99. The van der Waals surface area contributed by atoms with Gasteiger partial charge in [0.1, 0.15) is 0 Å². The molecule has 0 aliphatic heterocycles. The van der Waals surface area contributed by atoms with Crippen molar-refractivity contribution in [3.05, 3.63) is 35.0 Å². The number of benzene rings is 1. The zero-order chi connectivity index (χ0) is 12.6. The summed E-state index contributed by atoms with van der Waals surface area (Å²) in [5, 5.41) is 9.94. The fourth-order valence-corrected chi connectivity index (χ4v) is 2.48. The first-order valence-corrected chi connectivity index (χ1v) is 5.76. The van der Waals surface area contributed by atoms with E-state index >= 15 is 0 Å². The molecule has 0 saturated heterocycles. The summed E-state index contributed by atoms with van der Waals surface area (Å²) in [6.45, 7) is 4.16. The molecule has 0 aliphatic carbocycles. The van der Waals surface area contributed by atoms with Gasteiger partial charge in [0.05, 0.1) is 5.52 Å². The van der Waals surface area contributed by atoms with Crippen LogP contribution in [0.1, 0.15) is 23.1 Å². The Morgan fingerprint density at radius 3 is 2.71 bits per heavy atom. The normalized spacial score (nSPS) is 11.0. The Labute approximate surface area is 101 Å². The van der Waals surface area contributed by atoms with E-state index in [9.17, 15) is 4.79 Å². The molecule has 1 aromatic carbocycles. The molecule has 0 bridgehead atoms. The lowest BCUT2D eigenvalue weighted by molar-refractivity contribution is -0.136. The highest BCUT2D eigenvalue weighted by Crippen LogP contribution is 2.26. The first kappa shape index (κ1) is 11.7. The van der Waals surface area contributed by atoms with Gasteiger partial charge in [0.25, 0.3) is 0 Å². The minimum Gasteiger partial charge on any atom is -0.481 e. The number of carboxylic acids is 1. The molecule has 1 heterocycles. The maximum atomic E-state index is 10.6. The minimum absolute atomic E-state index is 0.187. The Morgan fingerprint density at radius 1 is 1.35 bits per heavy atom. The van der Waals surface area contributed by atoms with Crippen molar-refractivity contribution in [2.45, 2.75) is 26.7 Å². The van der Waals surface area contributed by atoms with Gasteiger partial charge in [0, 0.05) is 25.1 Å². The molecule has 0 atom stereocenters. The van der Waals surface area contributed by atoms with Crippen LogP contribution in [0.15, 0.2) is 18.3 Å². The van der Waals surface area contributed by atoms with Gasteiger partial charge in [0.2, 0.25) is 0 Å². The highest BCUT2D eigenvalue weighted by molar-refractivity contribution is 5.87. The van der Waals surface area contributed by atoms with E-state index < -0.39 is 5.97 Å². The molecule has 0 unspecified atom stereocenters. The van der Waals surface area contributed by atoms with E-state index in [2.05, 4.69) is 30.5 Å². The number of fused-ring (bicyclic) bond motifs is 1. The minimum atomic E-state index is -0.744. The van der Waals surface area contributed by atoms with E-state index in [4.69, 9.17) is 5.11 Å². The first-order valence-electron chi connectivity index (χ1n) is 5.76. The van der Waals surface area contributed by atoms with Crippen LogP contribution in [0.2, 0.25) is 0 Å². The predicted octanol–water partition coefficient (Wildman–Crippen LogP) is 2.81. The van der Waals surface area contributed by atoms with Crippen LogP contribution in [-0.4, -0.2) is 15.6 Å². The number of aliphatic carboxylic acids is 1. The van der Waals surface area contributed by atoms with Crippen molar-refractivity contribution < 1.29 is 9.90 Å². The van der Waals surface area contributed by atoms with Crippen LogP contribution < -0.4 is 0 Å². The van der Waals surface area contributed by atoms with Crippen LogP contribution >= 0.6 is 0 Å². The van der Waals surface area contributed by atoms with Crippen molar-refractivity contribution in [2.24, 2.45) is 7.05 Å². The topological polar surface area (TPSA) is 42.2 Å². The average Bonchev–Trinajstić information content (AvgIpc) is 2.52. The fourth-order valence-electron chi connectivity index (χ4n) is 2.48. The van der Waals surface area contributed by atoms with E-state index in [1.54, 1.807) is 0 Å². The molecule has 1 N–H and O–H groups in total. The Morgan fingerprint density at radius 2 is 2.06 bits per heavy atom. The summed E-state index contributed by atoms with van der Waals surface area (Å²) >= 11 is 0. The van der Waals surface area contributed by atoms with Crippen molar-refractivity contribution in [1.82, 2.24) is 4.57 Å². The molecule has 17 heavy (non-hydrogen) atoms. The molecule has 0 fully saturated rings. The number of carbonyl (C=O) groups is 1. The van der Waals surface area contributed by atoms with Gasteiger partial charge in [-0.05, 0) is 37.5 Å². The molecule has 2 rings (SSSR count). The van der Waals surface area contributed by atoms with Crippen molar-refractivity contribution in [3.8, 4) is 0 Å². The fraction of sp³-hybridized carbons (Fsp3) is 0.357. The van der Waals surface area contributed by atoms with E-state index in [0.29, 0.717) is 6.42 Å². The van der Waals surface area contributed by atoms with Crippen molar-refractivity contribution in [1.29, 1.82) is 0 Å². The molecule has 0 saturated carbocycles. The van der Waals surface area contributed by atoms with Gasteiger partial charge in [-0.25, -0.2) is 0 Å². The van der Waals surface area contributed by atoms with Crippen molar-refractivity contribution in [3.63, 3.8) is 0 Å². The average molecular weight is 231 g/mol. The lowest BCUT2D eigenvalue weighted by Gasteiger charge is -2.03. The SMILES string of the molecule is Cc1cc(C)c2c(c1)c(CCC(=O)O)cn2C. The second-order valence-corrected chi connectivity index (χ2v) is 4.64. The summed E-state index contributed by atoms with van der Waals surface area (Å²) in [4.78, 5) is 10.6. The Hall–Kier alpha value is -1.77. The Balaban J connectivity index is 2.53. The van der Waals surface area contributed by atoms with Gasteiger partial charge in [-0.3, -0.25) is 4.79 Å². The number of hydrogen-bond acceptors (Lipinski definition) is 1. The quantitative estimate of drug-likeness (QED) is 0.882. The van der Waals surface area contributed by atoms with E-state index in [0.717, 1.165) is 5.56 Å². The molecule has 0 aliphatic rings. The molecule has 90 valence electrons. The number of hydrogen-bond donors (Lipinski definition) is 1. The predicted molar refractivity (Wildman–Crippen MR) is 68.3 cm³/mol. The molecule has 0 radical (unpaired) electrons. The maximum Gasteiger partial charge on any atom is 0.303 e. The zero-order valence-corrected chi connectivity index (χ0v) is 10.4. The smallest absolute Gasteiger partial charge is 0.303 e. The third-order valence-corrected chi connectivity index (χ3v) is 3.10. The summed E-state index contributed by atoms with van der Waals surface area (Å²) in [7, 11) is 2.01. The third kappa shape index (κ3) is 2.18. The van der Waals surface area contributed by atoms with Crippen LogP contribution in [0.3, 0.4) is 0 Å². The molecule has 1 aromatic heterocycles.